The first-order chi connectivity index (χ1) is 10.4. The van der Waals surface area contributed by atoms with Crippen molar-refractivity contribution in [1.82, 2.24) is 5.32 Å². The molecule has 3 N–H and O–H groups in total. The van der Waals surface area contributed by atoms with Gasteiger partial charge in [-0.25, -0.2) is 0 Å². The van der Waals surface area contributed by atoms with Gasteiger partial charge in [-0.2, -0.15) is 0 Å². The number of benzene rings is 1. The van der Waals surface area contributed by atoms with Crippen LogP contribution in [0.4, 0.5) is 5.69 Å². The summed E-state index contributed by atoms with van der Waals surface area (Å²) in [5.41, 5.74) is 8.78. The zero-order chi connectivity index (χ0) is 16.3. The molecule has 5 nitrogen and oxygen atoms in total. The van der Waals surface area contributed by atoms with Crippen LogP contribution in [-0.4, -0.2) is 30.9 Å². The molecule has 1 aliphatic heterocycles. The number of hydrogen-bond acceptors (Lipinski definition) is 3. The van der Waals surface area contributed by atoms with Gasteiger partial charge in [-0.05, 0) is 56.9 Å². The van der Waals surface area contributed by atoms with E-state index in [1.54, 1.807) is 4.90 Å². The van der Waals surface area contributed by atoms with E-state index in [2.05, 4.69) is 11.4 Å². The number of carbonyl (C=O) groups excluding carboxylic acids is 2. The maximum Gasteiger partial charge on any atom is 0.239 e. The minimum Gasteiger partial charge on any atom is -0.355 e. The van der Waals surface area contributed by atoms with Gasteiger partial charge in [0.05, 0.1) is 0 Å². The van der Waals surface area contributed by atoms with Crippen LogP contribution in [0, 0.1) is 19.8 Å². The summed E-state index contributed by atoms with van der Waals surface area (Å²) < 4.78 is 0. The van der Waals surface area contributed by atoms with Crippen molar-refractivity contribution in [2.45, 2.75) is 39.7 Å². The summed E-state index contributed by atoms with van der Waals surface area (Å²) in [6.45, 7) is 7.02. The Kier molecular flexibility index (Phi) is 5.19. The van der Waals surface area contributed by atoms with Crippen molar-refractivity contribution in [2.75, 3.05) is 18.0 Å². The number of nitrogens with one attached hydrogen (secondary N) is 1. The smallest absolute Gasteiger partial charge is 0.239 e. The van der Waals surface area contributed by atoms with E-state index in [1.807, 2.05) is 32.9 Å². The fourth-order valence-corrected chi connectivity index (χ4v) is 2.83. The van der Waals surface area contributed by atoms with Gasteiger partial charge in [0.2, 0.25) is 11.8 Å². The van der Waals surface area contributed by atoms with E-state index in [0.717, 1.165) is 16.8 Å². The van der Waals surface area contributed by atoms with E-state index >= 15 is 0 Å². The van der Waals surface area contributed by atoms with Gasteiger partial charge in [0.15, 0.2) is 0 Å². The molecule has 0 radical (unpaired) electrons. The summed E-state index contributed by atoms with van der Waals surface area (Å²) in [7, 11) is 0. The second-order valence-electron chi connectivity index (χ2n) is 6.23. The Bertz CT molecular complexity index is 549. The Morgan fingerprint density at radius 2 is 2.00 bits per heavy atom. The number of nitrogens with two attached hydrogens (primary N) is 1. The van der Waals surface area contributed by atoms with Crippen molar-refractivity contribution >= 4 is 17.5 Å². The normalized spacial score (nSPS) is 19.4. The van der Waals surface area contributed by atoms with E-state index < -0.39 is 5.92 Å². The van der Waals surface area contributed by atoms with E-state index in [4.69, 9.17) is 5.73 Å². The van der Waals surface area contributed by atoms with Crippen LogP contribution in [0.3, 0.4) is 0 Å². The third-order valence-corrected chi connectivity index (χ3v) is 3.94. The molecule has 0 bridgehead atoms. The Hall–Kier alpha value is -1.88. The molecule has 0 aliphatic carbocycles. The second kappa shape index (κ2) is 6.92. The minimum atomic E-state index is -0.575. The molecule has 2 unspecified atom stereocenters. The highest BCUT2D eigenvalue weighted by Crippen LogP contribution is 2.27. The SMILES string of the molecule is Cc1cc(C)cc(N2CCC(C(=O)NCCC(C)N)C2=O)c1. The third-order valence-electron chi connectivity index (χ3n) is 3.94. The molecule has 0 spiro atoms. The lowest BCUT2D eigenvalue weighted by molar-refractivity contribution is -0.132. The lowest BCUT2D eigenvalue weighted by Gasteiger charge is -2.18. The first-order valence-electron chi connectivity index (χ1n) is 7.81. The lowest BCUT2D eigenvalue weighted by Crippen LogP contribution is -2.38. The van der Waals surface area contributed by atoms with Crippen molar-refractivity contribution < 1.29 is 9.59 Å². The molecular formula is C17H25N3O2. The summed E-state index contributed by atoms with van der Waals surface area (Å²) in [4.78, 5) is 26.4. The van der Waals surface area contributed by atoms with Crippen molar-refractivity contribution in [2.24, 2.45) is 11.7 Å². The number of rotatable bonds is 5. The molecule has 120 valence electrons. The largest absolute Gasteiger partial charge is 0.355 e. The first-order valence-corrected chi connectivity index (χ1v) is 7.81. The number of amides is 2. The third kappa shape index (κ3) is 3.85. The minimum absolute atomic E-state index is 0.0475. The van der Waals surface area contributed by atoms with Crippen molar-refractivity contribution in [3.63, 3.8) is 0 Å². The van der Waals surface area contributed by atoms with E-state index in [-0.39, 0.29) is 17.9 Å². The van der Waals surface area contributed by atoms with Crippen LogP contribution >= 0.6 is 0 Å². The topological polar surface area (TPSA) is 75.4 Å². The number of anilines is 1. The van der Waals surface area contributed by atoms with Gasteiger partial charge in [0.1, 0.15) is 5.92 Å². The lowest BCUT2D eigenvalue weighted by atomic mass is 10.1. The summed E-state index contributed by atoms with van der Waals surface area (Å²) >= 11 is 0. The highest BCUT2D eigenvalue weighted by atomic mass is 16.2. The van der Waals surface area contributed by atoms with Crippen molar-refractivity contribution in [1.29, 1.82) is 0 Å². The molecule has 0 saturated carbocycles. The van der Waals surface area contributed by atoms with Gasteiger partial charge in [0.25, 0.3) is 0 Å². The van der Waals surface area contributed by atoms with Gasteiger partial charge < -0.3 is 16.0 Å². The predicted octanol–water partition coefficient (Wildman–Crippen LogP) is 1.51. The highest BCUT2D eigenvalue weighted by Gasteiger charge is 2.37. The molecule has 1 aromatic carbocycles. The molecule has 1 heterocycles. The molecule has 2 atom stereocenters. The van der Waals surface area contributed by atoms with Gasteiger partial charge in [-0.1, -0.05) is 6.07 Å². The first kappa shape index (κ1) is 16.5. The van der Waals surface area contributed by atoms with Crippen LogP contribution in [0.1, 0.15) is 30.9 Å². The molecule has 5 heteroatoms. The van der Waals surface area contributed by atoms with Crippen molar-refractivity contribution in [3.8, 4) is 0 Å². The molecule has 22 heavy (non-hydrogen) atoms. The monoisotopic (exact) mass is 303 g/mol. The zero-order valence-corrected chi connectivity index (χ0v) is 13.6. The molecule has 2 rings (SSSR count). The van der Waals surface area contributed by atoms with Crippen LogP contribution in [0.15, 0.2) is 18.2 Å². The molecule has 1 fully saturated rings. The maximum absolute atomic E-state index is 12.5. The van der Waals surface area contributed by atoms with Crippen LogP contribution in [0.25, 0.3) is 0 Å². The predicted molar refractivity (Wildman–Crippen MR) is 87.7 cm³/mol. The average Bonchev–Trinajstić information content (AvgIpc) is 2.79. The van der Waals surface area contributed by atoms with Gasteiger partial charge in [0, 0.05) is 24.8 Å². The molecule has 2 amide bonds. The quantitative estimate of drug-likeness (QED) is 0.810. The summed E-state index contributed by atoms with van der Waals surface area (Å²) in [5.74, 6) is -0.866. The molecule has 1 aromatic rings. The Morgan fingerprint density at radius 1 is 1.36 bits per heavy atom. The molecular weight excluding hydrogens is 278 g/mol. The number of hydrogen-bond donors (Lipinski definition) is 2. The van der Waals surface area contributed by atoms with Gasteiger partial charge >= 0.3 is 0 Å². The number of carbonyl (C=O) groups is 2. The maximum atomic E-state index is 12.5. The number of nitrogens with zero attached hydrogens (tertiary/aromatic N) is 1. The van der Waals surface area contributed by atoms with E-state index in [1.165, 1.54) is 0 Å². The second-order valence-corrected chi connectivity index (χ2v) is 6.23. The van der Waals surface area contributed by atoms with E-state index in [0.29, 0.717) is 25.9 Å². The Balaban J connectivity index is 2.01. The highest BCUT2D eigenvalue weighted by molar-refractivity contribution is 6.09. The van der Waals surface area contributed by atoms with Crippen molar-refractivity contribution in [3.05, 3.63) is 29.3 Å². The van der Waals surface area contributed by atoms with Crippen LogP contribution in [0.5, 0.6) is 0 Å². The summed E-state index contributed by atoms with van der Waals surface area (Å²) in [6.07, 6.45) is 1.28. The van der Waals surface area contributed by atoms with Crippen LogP contribution in [0.2, 0.25) is 0 Å². The number of aryl methyl sites for hydroxylation is 2. The fourth-order valence-electron chi connectivity index (χ4n) is 2.83. The van der Waals surface area contributed by atoms with Gasteiger partial charge in [-0.15, -0.1) is 0 Å². The molecule has 0 aromatic heterocycles. The Morgan fingerprint density at radius 3 is 2.59 bits per heavy atom. The molecule has 1 aliphatic rings. The Labute approximate surface area is 131 Å². The van der Waals surface area contributed by atoms with Crippen LogP contribution in [-0.2, 0) is 9.59 Å². The standard InChI is InChI=1S/C17H25N3O2/c1-11-8-12(2)10-14(9-11)20-7-5-15(17(20)22)16(21)19-6-4-13(3)18/h8-10,13,15H,4-7,18H2,1-3H3,(H,19,21). The summed E-state index contributed by atoms with van der Waals surface area (Å²) in [5, 5.41) is 2.81. The molecule has 1 saturated heterocycles. The average molecular weight is 303 g/mol. The fraction of sp³-hybridized carbons (Fsp3) is 0.529. The zero-order valence-electron chi connectivity index (χ0n) is 13.6. The van der Waals surface area contributed by atoms with Gasteiger partial charge in [-0.3, -0.25) is 9.59 Å². The summed E-state index contributed by atoms with van der Waals surface area (Å²) in [6, 6.07) is 6.09. The van der Waals surface area contributed by atoms with E-state index in [9.17, 15) is 9.59 Å². The van der Waals surface area contributed by atoms with Crippen LogP contribution < -0.4 is 16.0 Å².